The van der Waals surface area contributed by atoms with Gasteiger partial charge in [0.1, 0.15) is 0 Å². The average molecular weight is 302 g/mol. The van der Waals surface area contributed by atoms with Crippen LogP contribution in [0.25, 0.3) is 0 Å². The first-order valence-electron chi connectivity index (χ1n) is 8.44. The minimum Gasteiger partial charge on any atom is -0.381 e. The second-order valence-corrected chi connectivity index (χ2v) is 6.36. The SMILES string of the molecule is CCOCC1CCCN(C(=O)C2Cc3ccccc3CN2)C1. The molecule has 1 saturated heterocycles. The molecule has 0 radical (unpaired) electrons. The first-order valence-corrected chi connectivity index (χ1v) is 8.44. The molecule has 2 unspecified atom stereocenters. The summed E-state index contributed by atoms with van der Waals surface area (Å²) in [6.45, 7) is 6.09. The van der Waals surface area contributed by atoms with E-state index in [1.165, 1.54) is 17.5 Å². The van der Waals surface area contributed by atoms with Gasteiger partial charge in [-0.15, -0.1) is 0 Å². The van der Waals surface area contributed by atoms with Crippen LogP contribution >= 0.6 is 0 Å². The molecule has 2 heterocycles. The summed E-state index contributed by atoms with van der Waals surface area (Å²) in [5, 5.41) is 3.41. The monoisotopic (exact) mass is 302 g/mol. The molecule has 2 aliphatic rings. The van der Waals surface area contributed by atoms with E-state index in [2.05, 4.69) is 29.6 Å². The van der Waals surface area contributed by atoms with Crippen LogP contribution in [0.2, 0.25) is 0 Å². The Bertz CT molecular complexity index is 518. The van der Waals surface area contributed by atoms with Crippen molar-refractivity contribution in [2.24, 2.45) is 5.92 Å². The Morgan fingerprint density at radius 3 is 3.00 bits per heavy atom. The van der Waals surface area contributed by atoms with Crippen molar-refractivity contribution in [1.29, 1.82) is 0 Å². The van der Waals surface area contributed by atoms with Crippen molar-refractivity contribution in [3.05, 3.63) is 35.4 Å². The lowest BCUT2D eigenvalue weighted by Crippen LogP contribution is -2.52. The van der Waals surface area contributed by atoms with Crippen LogP contribution in [0.1, 0.15) is 30.9 Å². The normalized spacial score (nSPS) is 24.9. The molecule has 0 aromatic heterocycles. The molecule has 1 amide bonds. The van der Waals surface area contributed by atoms with Crippen LogP contribution < -0.4 is 5.32 Å². The van der Waals surface area contributed by atoms with Gasteiger partial charge in [-0.3, -0.25) is 4.79 Å². The molecule has 0 bridgehead atoms. The topological polar surface area (TPSA) is 41.6 Å². The summed E-state index contributed by atoms with van der Waals surface area (Å²) in [6.07, 6.45) is 3.07. The number of carbonyl (C=O) groups excluding carboxylic acids is 1. The maximum atomic E-state index is 12.8. The summed E-state index contributed by atoms with van der Waals surface area (Å²) >= 11 is 0. The highest BCUT2D eigenvalue weighted by molar-refractivity contribution is 5.82. The molecule has 4 heteroatoms. The van der Waals surface area contributed by atoms with Gasteiger partial charge in [0.05, 0.1) is 12.6 Å². The third-order valence-electron chi connectivity index (χ3n) is 4.77. The van der Waals surface area contributed by atoms with E-state index in [1.807, 2.05) is 11.8 Å². The molecule has 120 valence electrons. The van der Waals surface area contributed by atoms with Crippen LogP contribution in [-0.4, -0.2) is 43.2 Å². The quantitative estimate of drug-likeness (QED) is 0.924. The van der Waals surface area contributed by atoms with E-state index in [1.54, 1.807) is 0 Å². The zero-order valence-corrected chi connectivity index (χ0v) is 13.4. The van der Waals surface area contributed by atoms with Crippen LogP contribution in [0.5, 0.6) is 0 Å². The van der Waals surface area contributed by atoms with Gasteiger partial charge in [0.15, 0.2) is 0 Å². The molecule has 0 saturated carbocycles. The molecule has 1 N–H and O–H groups in total. The third kappa shape index (κ3) is 3.50. The van der Waals surface area contributed by atoms with Gasteiger partial charge in [-0.05, 0) is 43.2 Å². The Labute approximate surface area is 132 Å². The minimum absolute atomic E-state index is 0.0688. The molecular weight excluding hydrogens is 276 g/mol. The summed E-state index contributed by atoms with van der Waals surface area (Å²) in [6, 6.07) is 8.34. The zero-order valence-electron chi connectivity index (χ0n) is 13.4. The van der Waals surface area contributed by atoms with E-state index in [0.717, 1.165) is 45.7 Å². The third-order valence-corrected chi connectivity index (χ3v) is 4.77. The van der Waals surface area contributed by atoms with Crippen LogP contribution in [0.3, 0.4) is 0 Å². The molecule has 1 fully saturated rings. The number of ether oxygens (including phenoxy) is 1. The molecule has 0 aliphatic carbocycles. The number of amides is 1. The van der Waals surface area contributed by atoms with Crippen molar-refractivity contribution in [2.75, 3.05) is 26.3 Å². The lowest BCUT2D eigenvalue weighted by Gasteiger charge is -2.36. The fraction of sp³-hybridized carbons (Fsp3) is 0.611. The zero-order chi connectivity index (χ0) is 15.4. The minimum atomic E-state index is -0.0688. The Morgan fingerprint density at radius 2 is 2.18 bits per heavy atom. The van der Waals surface area contributed by atoms with Gasteiger partial charge in [-0.1, -0.05) is 24.3 Å². The summed E-state index contributed by atoms with van der Waals surface area (Å²) in [4.78, 5) is 14.8. The highest BCUT2D eigenvalue weighted by Crippen LogP contribution is 2.21. The van der Waals surface area contributed by atoms with Crippen LogP contribution in [0, 0.1) is 5.92 Å². The van der Waals surface area contributed by atoms with Crippen molar-refractivity contribution in [3.8, 4) is 0 Å². The fourth-order valence-electron chi connectivity index (χ4n) is 3.54. The number of carbonyl (C=O) groups is 1. The van der Waals surface area contributed by atoms with Gasteiger partial charge >= 0.3 is 0 Å². The predicted octanol–water partition coefficient (Wildman–Crippen LogP) is 1.98. The number of piperidine rings is 1. The molecular formula is C18H26N2O2. The molecule has 2 aliphatic heterocycles. The molecule has 0 spiro atoms. The van der Waals surface area contributed by atoms with E-state index in [0.29, 0.717) is 5.92 Å². The number of nitrogens with zero attached hydrogens (tertiary/aromatic N) is 1. The standard InChI is InChI=1S/C18H26N2O2/c1-2-22-13-14-6-5-9-20(12-14)18(21)17-10-15-7-3-4-8-16(15)11-19-17/h3-4,7-8,14,17,19H,2,5-6,9-13H2,1H3. The van der Waals surface area contributed by atoms with Crippen molar-refractivity contribution >= 4 is 5.91 Å². The number of nitrogens with one attached hydrogen (secondary N) is 1. The summed E-state index contributed by atoms with van der Waals surface area (Å²) in [5.41, 5.74) is 2.63. The van der Waals surface area contributed by atoms with Crippen molar-refractivity contribution < 1.29 is 9.53 Å². The van der Waals surface area contributed by atoms with Gasteiger partial charge in [0.25, 0.3) is 0 Å². The Balaban J connectivity index is 1.60. The summed E-state index contributed by atoms with van der Waals surface area (Å²) in [7, 11) is 0. The highest BCUT2D eigenvalue weighted by atomic mass is 16.5. The van der Waals surface area contributed by atoms with Crippen molar-refractivity contribution in [1.82, 2.24) is 10.2 Å². The lowest BCUT2D eigenvalue weighted by atomic mass is 9.93. The van der Waals surface area contributed by atoms with Gasteiger partial charge in [-0.2, -0.15) is 0 Å². The summed E-state index contributed by atoms with van der Waals surface area (Å²) < 4.78 is 5.54. The first kappa shape index (κ1) is 15.5. The number of hydrogen-bond donors (Lipinski definition) is 1. The Hall–Kier alpha value is -1.39. The van der Waals surface area contributed by atoms with E-state index in [9.17, 15) is 4.79 Å². The van der Waals surface area contributed by atoms with Gasteiger partial charge in [-0.25, -0.2) is 0 Å². The lowest BCUT2D eigenvalue weighted by molar-refractivity contribution is -0.136. The first-order chi connectivity index (χ1) is 10.8. The van der Waals surface area contributed by atoms with Crippen LogP contribution in [0.4, 0.5) is 0 Å². The van der Waals surface area contributed by atoms with E-state index < -0.39 is 0 Å². The summed E-state index contributed by atoms with van der Waals surface area (Å²) in [5.74, 6) is 0.754. The Kier molecular flexibility index (Phi) is 5.11. The number of fused-ring (bicyclic) bond motifs is 1. The number of likely N-dealkylation sites (tertiary alicyclic amines) is 1. The van der Waals surface area contributed by atoms with E-state index in [-0.39, 0.29) is 11.9 Å². The molecule has 4 nitrogen and oxygen atoms in total. The molecule has 2 atom stereocenters. The molecule has 22 heavy (non-hydrogen) atoms. The van der Waals surface area contributed by atoms with E-state index in [4.69, 9.17) is 4.74 Å². The molecule has 1 aromatic carbocycles. The van der Waals surface area contributed by atoms with Crippen molar-refractivity contribution in [3.63, 3.8) is 0 Å². The molecule has 3 rings (SSSR count). The van der Waals surface area contributed by atoms with Gasteiger partial charge in [0.2, 0.25) is 5.91 Å². The largest absolute Gasteiger partial charge is 0.381 e. The van der Waals surface area contributed by atoms with Gasteiger partial charge in [0, 0.05) is 26.2 Å². The molecule has 1 aromatic rings. The second-order valence-electron chi connectivity index (χ2n) is 6.36. The van der Waals surface area contributed by atoms with Crippen LogP contribution in [-0.2, 0) is 22.5 Å². The van der Waals surface area contributed by atoms with Crippen LogP contribution in [0.15, 0.2) is 24.3 Å². The fourth-order valence-corrected chi connectivity index (χ4v) is 3.54. The maximum absolute atomic E-state index is 12.8. The van der Waals surface area contributed by atoms with Gasteiger partial charge < -0.3 is 15.0 Å². The Morgan fingerprint density at radius 1 is 1.36 bits per heavy atom. The predicted molar refractivity (Wildman–Crippen MR) is 86.6 cm³/mol. The van der Waals surface area contributed by atoms with Crippen molar-refractivity contribution in [2.45, 2.75) is 38.8 Å². The van der Waals surface area contributed by atoms with E-state index >= 15 is 0 Å². The smallest absolute Gasteiger partial charge is 0.240 e. The maximum Gasteiger partial charge on any atom is 0.240 e. The second kappa shape index (κ2) is 7.25. The average Bonchev–Trinajstić information content (AvgIpc) is 2.59. The highest BCUT2D eigenvalue weighted by Gasteiger charge is 2.30. The number of benzene rings is 1. The number of rotatable bonds is 4. The number of hydrogen-bond acceptors (Lipinski definition) is 3.